The van der Waals surface area contributed by atoms with Gasteiger partial charge in [-0.15, -0.1) is 6.42 Å². The molecule has 0 bridgehead atoms. The molecule has 32 heavy (non-hydrogen) atoms. The summed E-state index contributed by atoms with van der Waals surface area (Å²) < 4.78 is 47.1. The molecule has 0 saturated carbocycles. The maximum atomic E-state index is 12.9. The third-order valence-corrected chi connectivity index (χ3v) is 6.10. The van der Waals surface area contributed by atoms with Crippen LogP contribution >= 0.6 is 0 Å². The summed E-state index contributed by atoms with van der Waals surface area (Å²) >= 11 is 0. The Morgan fingerprint density at radius 2 is 1.59 bits per heavy atom. The van der Waals surface area contributed by atoms with Gasteiger partial charge in [-0.05, 0) is 30.7 Å². The van der Waals surface area contributed by atoms with E-state index in [1.165, 1.54) is 27.4 Å². The lowest BCUT2D eigenvalue weighted by Gasteiger charge is -2.23. The Bertz CT molecular complexity index is 1080. The predicted molar refractivity (Wildman–Crippen MR) is 127 cm³/mol. The van der Waals surface area contributed by atoms with E-state index >= 15 is 0 Å². The molecular weight excluding hydrogens is 430 g/mol. The molecule has 0 aromatic heterocycles. The Balaban J connectivity index is 2.37. The summed E-state index contributed by atoms with van der Waals surface area (Å²) in [6.45, 7) is 3.02. The lowest BCUT2D eigenvalue weighted by molar-refractivity contribution is 0.374. The van der Waals surface area contributed by atoms with Crippen LogP contribution in [0.3, 0.4) is 0 Å². The summed E-state index contributed by atoms with van der Waals surface area (Å²) in [7, 11) is 2.48. The summed E-state index contributed by atoms with van der Waals surface area (Å²) in [4.78, 5) is 1.94. The first-order valence-corrected chi connectivity index (χ1v) is 11.6. The van der Waals surface area contributed by atoms with Crippen LogP contribution in [0.4, 0.5) is 5.69 Å². The van der Waals surface area contributed by atoms with Crippen LogP contribution in [0.25, 0.3) is 6.08 Å². The topological polar surface area (TPSA) is 74.3 Å². The molecule has 0 spiro atoms. The molecular formula is C24H29NO6S. The van der Waals surface area contributed by atoms with Crippen molar-refractivity contribution in [1.29, 1.82) is 0 Å². The third kappa shape index (κ3) is 6.11. The van der Waals surface area contributed by atoms with Crippen LogP contribution in [0.2, 0.25) is 0 Å². The summed E-state index contributed by atoms with van der Waals surface area (Å²) in [5, 5.41) is 1.16. The molecule has 0 fully saturated rings. The molecule has 0 atom stereocenters. The van der Waals surface area contributed by atoms with Gasteiger partial charge in [0.05, 0.1) is 52.0 Å². The first-order chi connectivity index (χ1) is 15.3. The number of hydrogen-bond donors (Lipinski definition) is 0. The highest BCUT2D eigenvalue weighted by atomic mass is 32.2. The number of terminal acetylenes is 1. The molecule has 0 unspecified atom stereocenters. The van der Waals surface area contributed by atoms with Crippen LogP contribution in [0.5, 0.6) is 23.0 Å². The van der Waals surface area contributed by atoms with E-state index < -0.39 is 9.84 Å². The summed E-state index contributed by atoms with van der Waals surface area (Å²) in [5.41, 5.74) is 1.87. The fourth-order valence-corrected chi connectivity index (χ4v) is 4.28. The summed E-state index contributed by atoms with van der Waals surface area (Å²) in [5.74, 6) is 4.47. The zero-order valence-corrected chi connectivity index (χ0v) is 19.9. The van der Waals surface area contributed by atoms with E-state index in [0.29, 0.717) is 47.2 Å². The minimum absolute atomic E-state index is 0.186. The number of benzene rings is 2. The van der Waals surface area contributed by atoms with Crippen LogP contribution in [-0.4, -0.2) is 49.9 Å². The SMILES string of the molecule is C#CCN(CC)c1cc(CS(=O)(=O)/C=C/c2c(OC)cc(OC)cc2OC)ccc1OC. The Labute approximate surface area is 190 Å². The van der Waals surface area contributed by atoms with Crippen LogP contribution in [0.15, 0.2) is 35.7 Å². The predicted octanol–water partition coefficient (Wildman–Crippen LogP) is 3.77. The number of nitrogens with zero attached hydrogens (tertiary/aromatic N) is 1. The number of methoxy groups -OCH3 is 4. The molecule has 8 heteroatoms. The van der Waals surface area contributed by atoms with E-state index in [0.717, 1.165) is 11.1 Å². The zero-order valence-electron chi connectivity index (χ0n) is 19.0. The van der Waals surface area contributed by atoms with E-state index in [-0.39, 0.29) is 5.75 Å². The van der Waals surface area contributed by atoms with Gasteiger partial charge in [0.15, 0.2) is 9.84 Å². The van der Waals surface area contributed by atoms with Crippen LogP contribution < -0.4 is 23.8 Å². The minimum atomic E-state index is -3.60. The number of anilines is 1. The smallest absolute Gasteiger partial charge is 0.175 e. The van der Waals surface area contributed by atoms with E-state index in [9.17, 15) is 8.42 Å². The van der Waals surface area contributed by atoms with Crippen molar-refractivity contribution in [2.24, 2.45) is 0 Å². The number of rotatable bonds is 11. The van der Waals surface area contributed by atoms with Crippen LogP contribution in [0, 0.1) is 12.3 Å². The highest BCUT2D eigenvalue weighted by Gasteiger charge is 2.16. The quantitative estimate of drug-likeness (QED) is 0.474. The monoisotopic (exact) mass is 459 g/mol. The molecule has 0 N–H and O–H groups in total. The Hall–Kier alpha value is -3.31. The van der Waals surface area contributed by atoms with Gasteiger partial charge in [0.25, 0.3) is 0 Å². The van der Waals surface area contributed by atoms with Crippen molar-refractivity contribution in [2.75, 3.05) is 46.4 Å². The second-order valence-corrected chi connectivity index (χ2v) is 8.67. The van der Waals surface area contributed by atoms with E-state index in [2.05, 4.69) is 5.92 Å². The molecule has 172 valence electrons. The molecule has 0 aliphatic rings. The van der Waals surface area contributed by atoms with Crippen molar-refractivity contribution in [2.45, 2.75) is 12.7 Å². The van der Waals surface area contributed by atoms with Crippen molar-refractivity contribution in [1.82, 2.24) is 0 Å². The molecule has 7 nitrogen and oxygen atoms in total. The molecule has 0 radical (unpaired) electrons. The van der Waals surface area contributed by atoms with Gasteiger partial charge in [0.1, 0.15) is 23.0 Å². The van der Waals surface area contributed by atoms with Gasteiger partial charge in [0, 0.05) is 24.1 Å². The molecule has 0 amide bonds. The molecule has 0 saturated heterocycles. The second kappa shape index (κ2) is 11.3. The molecule has 2 aromatic rings. The average Bonchev–Trinajstić information content (AvgIpc) is 2.80. The van der Waals surface area contributed by atoms with Crippen molar-refractivity contribution in [3.8, 4) is 35.3 Å². The standard InChI is InChI=1S/C24H29NO6S/c1-7-12-25(8-2)21-14-18(9-10-22(21)29-4)17-32(26,27)13-11-20-23(30-5)15-19(28-3)16-24(20)31-6/h1,9-11,13-16H,8,12,17H2,2-6H3/b13-11+. The van der Waals surface area contributed by atoms with Crippen molar-refractivity contribution < 1.29 is 27.4 Å². The van der Waals surface area contributed by atoms with E-state index in [4.69, 9.17) is 25.4 Å². The Morgan fingerprint density at radius 3 is 2.09 bits per heavy atom. The normalized spacial score (nSPS) is 11.1. The first-order valence-electron chi connectivity index (χ1n) is 9.88. The fraction of sp³-hybridized carbons (Fsp3) is 0.333. The van der Waals surface area contributed by atoms with Crippen molar-refractivity contribution in [3.05, 3.63) is 46.9 Å². The number of sulfone groups is 1. The third-order valence-electron chi connectivity index (χ3n) is 4.81. The van der Waals surface area contributed by atoms with E-state index in [1.54, 1.807) is 37.4 Å². The fourth-order valence-electron chi connectivity index (χ4n) is 3.20. The van der Waals surface area contributed by atoms with Gasteiger partial charge in [-0.1, -0.05) is 12.0 Å². The maximum Gasteiger partial charge on any atom is 0.175 e. The Kier molecular flexibility index (Phi) is 8.85. The molecule has 2 aromatic carbocycles. The minimum Gasteiger partial charge on any atom is -0.496 e. The highest BCUT2D eigenvalue weighted by molar-refractivity contribution is 7.93. The van der Waals surface area contributed by atoms with Crippen molar-refractivity contribution in [3.63, 3.8) is 0 Å². The van der Waals surface area contributed by atoms with Crippen molar-refractivity contribution >= 4 is 21.6 Å². The van der Waals surface area contributed by atoms with Gasteiger partial charge in [-0.3, -0.25) is 0 Å². The second-order valence-electron chi connectivity index (χ2n) is 6.78. The lowest BCUT2D eigenvalue weighted by atomic mass is 10.1. The first kappa shape index (κ1) is 25.0. The average molecular weight is 460 g/mol. The lowest BCUT2D eigenvalue weighted by Crippen LogP contribution is -2.23. The molecule has 0 aliphatic heterocycles. The van der Waals surface area contributed by atoms with Gasteiger partial charge in [-0.25, -0.2) is 8.42 Å². The number of hydrogen-bond acceptors (Lipinski definition) is 7. The Morgan fingerprint density at radius 1 is 0.969 bits per heavy atom. The largest absolute Gasteiger partial charge is 0.496 e. The molecule has 0 aliphatic carbocycles. The summed E-state index contributed by atoms with van der Waals surface area (Å²) in [6.07, 6.45) is 6.93. The van der Waals surface area contributed by atoms with Gasteiger partial charge < -0.3 is 23.8 Å². The number of ether oxygens (including phenoxy) is 4. The molecule has 0 heterocycles. The van der Waals surface area contributed by atoms with Gasteiger partial charge in [0.2, 0.25) is 0 Å². The van der Waals surface area contributed by atoms with Gasteiger partial charge >= 0.3 is 0 Å². The maximum absolute atomic E-state index is 12.9. The zero-order chi connectivity index (χ0) is 23.7. The van der Waals surface area contributed by atoms with E-state index in [1.807, 2.05) is 11.8 Å². The molecule has 2 rings (SSSR count). The van der Waals surface area contributed by atoms with Gasteiger partial charge in [-0.2, -0.15) is 0 Å². The summed E-state index contributed by atoms with van der Waals surface area (Å²) in [6, 6.07) is 8.59. The van der Waals surface area contributed by atoms with Crippen LogP contribution in [0.1, 0.15) is 18.1 Å². The highest BCUT2D eigenvalue weighted by Crippen LogP contribution is 2.35. The van der Waals surface area contributed by atoms with Crippen LogP contribution in [-0.2, 0) is 15.6 Å².